The molecule has 0 aromatic carbocycles. The first-order chi connectivity index (χ1) is 9.69. The fourth-order valence-electron chi connectivity index (χ4n) is 1.74. The van der Waals surface area contributed by atoms with Gasteiger partial charge < -0.3 is 14.5 Å². The van der Waals surface area contributed by atoms with E-state index in [-0.39, 0.29) is 5.56 Å². The summed E-state index contributed by atoms with van der Waals surface area (Å²) < 4.78 is 11.9. The first kappa shape index (κ1) is 14.4. The summed E-state index contributed by atoms with van der Waals surface area (Å²) in [7, 11) is 3.45. The van der Waals surface area contributed by atoms with Gasteiger partial charge in [0, 0.05) is 38.4 Å². The van der Waals surface area contributed by atoms with Crippen LogP contribution < -0.4 is 5.56 Å². The molecule has 0 saturated heterocycles. The Morgan fingerprint density at radius 1 is 1.35 bits per heavy atom. The molecule has 0 unspecified atom stereocenters. The lowest BCUT2D eigenvalue weighted by atomic mass is 10.2. The number of rotatable bonds is 7. The molecule has 0 aliphatic rings. The summed E-state index contributed by atoms with van der Waals surface area (Å²) in [5.41, 5.74) is 1.26. The van der Waals surface area contributed by atoms with E-state index in [2.05, 4.69) is 15.1 Å². The first-order valence-corrected chi connectivity index (χ1v) is 6.35. The number of hydrogen-bond donors (Lipinski definition) is 1. The topological polar surface area (TPSA) is 82.0 Å². The van der Waals surface area contributed by atoms with E-state index < -0.39 is 0 Å². The maximum absolute atomic E-state index is 11.6. The lowest BCUT2D eigenvalue weighted by molar-refractivity contribution is 0.0716. The molecule has 108 valence electrons. The third-order valence-electron chi connectivity index (χ3n) is 2.71. The molecule has 2 aromatic heterocycles. The zero-order valence-corrected chi connectivity index (χ0v) is 11.6. The van der Waals surface area contributed by atoms with Crippen molar-refractivity contribution >= 4 is 0 Å². The number of aryl methyl sites for hydroxylation is 1. The van der Waals surface area contributed by atoms with Crippen LogP contribution in [0, 0.1) is 0 Å². The molecule has 0 spiro atoms. The smallest absolute Gasteiger partial charge is 0.251 e. The lowest BCUT2D eigenvalue weighted by Crippen LogP contribution is -2.13. The Hall–Kier alpha value is -1.99. The van der Waals surface area contributed by atoms with E-state index in [4.69, 9.17) is 9.47 Å². The second-order valence-corrected chi connectivity index (χ2v) is 4.34. The molecule has 7 nitrogen and oxygen atoms in total. The van der Waals surface area contributed by atoms with E-state index >= 15 is 0 Å². The maximum Gasteiger partial charge on any atom is 0.251 e. The standard InChI is InChI=1S/C13H18N4O3/c1-17-9-10(8-14-17)11-7-13(18)16-12(15-11)3-4-20-6-5-19-2/h7-9H,3-6H2,1-2H3,(H,15,16,18). The van der Waals surface area contributed by atoms with Crippen LogP contribution in [-0.2, 0) is 22.9 Å². The van der Waals surface area contributed by atoms with Crippen LogP contribution in [0.2, 0.25) is 0 Å². The average Bonchev–Trinajstić information content (AvgIpc) is 2.85. The van der Waals surface area contributed by atoms with Crippen LogP contribution in [-0.4, -0.2) is 46.7 Å². The van der Waals surface area contributed by atoms with Crippen molar-refractivity contribution < 1.29 is 9.47 Å². The SMILES string of the molecule is COCCOCCc1nc(-c2cnn(C)c2)cc(=O)[nH]1. The third-order valence-corrected chi connectivity index (χ3v) is 2.71. The van der Waals surface area contributed by atoms with Gasteiger partial charge in [0.05, 0.1) is 31.7 Å². The van der Waals surface area contributed by atoms with Crippen LogP contribution >= 0.6 is 0 Å². The van der Waals surface area contributed by atoms with Gasteiger partial charge in [0.1, 0.15) is 5.82 Å². The van der Waals surface area contributed by atoms with Crippen molar-refractivity contribution in [1.82, 2.24) is 19.7 Å². The number of hydrogen-bond acceptors (Lipinski definition) is 5. The minimum absolute atomic E-state index is 0.175. The average molecular weight is 278 g/mol. The zero-order chi connectivity index (χ0) is 14.4. The molecule has 0 atom stereocenters. The molecule has 0 aliphatic heterocycles. The third kappa shape index (κ3) is 4.01. The van der Waals surface area contributed by atoms with Gasteiger partial charge in [-0.1, -0.05) is 0 Å². The molecule has 20 heavy (non-hydrogen) atoms. The van der Waals surface area contributed by atoms with E-state index in [0.29, 0.717) is 37.8 Å². The van der Waals surface area contributed by atoms with Gasteiger partial charge in [-0.3, -0.25) is 9.48 Å². The normalized spacial score (nSPS) is 10.9. The number of nitrogens with one attached hydrogen (secondary N) is 1. The quantitative estimate of drug-likeness (QED) is 0.740. The van der Waals surface area contributed by atoms with Crippen molar-refractivity contribution in [3.63, 3.8) is 0 Å². The highest BCUT2D eigenvalue weighted by Gasteiger charge is 2.06. The van der Waals surface area contributed by atoms with Crippen LogP contribution in [0.15, 0.2) is 23.3 Å². The number of methoxy groups -OCH3 is 1. The fourth-order valence-corrected chi connectivity index (χ4v) is 1.74. The molecule has 1 N–H and O–H groups in total. The summed E-state index contributed by atoms with van der Waals surface area (Å²) in [4.78, 5) is 18.8. The van der Waals surface area contributed by atoms with Crippen molar-refractivity contribution in [1.29, 1.82) is 0 Å². The number of nitrogens with zero attached hydrogens (tertiary/aromatic N) is 3. The molecule has 2 aromatic rings. The van der Waals surface area contributed by atoms with Crippen LogP contribution in [0.4, 0.5) is 0 Å². The molecule has 0 bridgehead atoms. The van der Waals surface area contributed by atoms with Gasteiger partial charge in [-0.05, 0) is 0 Å². The highest BCUT2D eigenvalue weighted by molar-refractivity contribution is 5.56. The lowest BCUT2D eigenvalue weighted by Gasteiger charge is -2.04. The van der Waals surface area contributed by atoms with Gasteiger partial charge in [-0.25, -0.2) is 4.98 Å². The Kier molecular flexibility index (Phi) is 5.03. The molecule has 0 aliphatic carbocycles. The van der Waals surface area contributed by atoms with Crippen LogP contribution in [0.5, 0.6) is 0 Å². The predicted molar refractivity (Wildman–Crippen MR) is 73.5 cm³/mol. The van der Waals surface area contributed by atoms with Gasteiger partial charge >= 0.3 is 0 Å². The van der Waals surface area contributed by atoms with Crippen molar-refractivity contribution in [3.8, 4) is 11.3 Å². The van der Waals surface area contributed by atoms with Gasteiger partial charge in [0.15, 0.2) is 0 Å². The molecule has 2 heterocycles. The van der Waals surface area contributed by atoms with E-state index in [0.717, 1.165) is 5.56 Å². The summed E-state index contributed by atoms with van der Waals surface area (Å²) in [5, 5.41) is 4.07. The molecule has 7 heteroatoms. The Labute approximate surface area is 116 Å². The number of aromatic amines is 1. The highest BCUT2D eigenvalue weighted by atomic mass is 16.5. The second-order valence-electron chi connectivity index (χ2n) is 4.34. The molecular weight excluding hydrogens is 260 g/mol. The fraction of sp³-hybridized carbons (Fsp3) is 0.462. The van der Waals surface area contributed by atoms with Crippen molar-refractivity contribution in [2.75, 3.05) is 26.9 Å². The summed E-state index contributed by atoms with van der Waals surface area (Å²) in [6.07, 6.45) is 4.05. The van der Waals surface area contributed by atoms with E-state index in [1.165, 1.54) is 6.07 Å². The van der Waals surface area contributed by atoms with Crippen molar-refractivity contribution in [2.24, 2.45) is 7.05 Å². The largest absolute Gasteiger partial charge is 0.382 e. The molecule has 0 saturated carbocycles. The van der Waals surface area contributed by atoms with Gasteiger partial charge in [0.2, 0.25) is 0 Å². The Morgan fingerprint density at radius 2 is 2.20 bits per heavy atom. The summed E-state index contributed by atoms with van der Waals surface area (Å²) in [6, 6.07) is 1.46. The predicted octanol–water partition coefficient (Wildman–Crippen LogP) is 0.376. The van der Waals surface area contributed by atoms with Gasteiger partial charge in [-0.15, -0.1) is 0 Å². The van der Waals surface area contributed by atoms with Crippen molar-refractivity contribution in [2.45, 2.75) is 6.42 Å². The second kappa shape index (κ2) is 6.97. The molecule has 0 radical (unpaired) electrons. The van der Waals surface area contributed by atoms with Gasteiger partial charge in [0.25, 0.3) is 5.56 Å². The minimum atomic E-state index is -0.175. The molecule has 2 rings (SSSR count). The van der Waals surface area contributed by atoms with Gasteiger partial charge in [-0.2, -0.15) is 5.10 Å². The van der Waals surface area contributed by atoms with E-state index in [9.17, 15) is 4.79 Å². The maximum atomic E-state index is 11.6. The number of H-pyrrole nitrogens is 1. The monoisotopic (exact) mass is 278 g/mol. The summed E-state index contributed by atoms with van der Waals surface area (Å²) in [5.74, 6) is 0.605. The molecule has 0 amide bonds. The van der Waals surface area contributed by atoms with E-state index in [1.807, 2.05) is 13.2 Å². The molecule has 0 fully saturated rings. The minimum Gasteiger partial charge on any atom is -0.382 e. The Bertz CT molecular complexity index is 606. The van der Waals surface area contributed by atoms with E-state index in [1.54, 1.807) is 18.0 Å². The zero-order valence-electron chi connectivity index (χ0n) is 11.6. The summed E-state index contributed by atoms with van der Waals surface area (Å²) in [6.45, 7) is 1.57. The van der Waals surface area contributed by atoms with Crippen LogP contribution in [0.1, 0.15) is 5.82 Å². The number of ether oxygens (including phenoxy) is 2. The van der Waals surface area contributed by atoms with Crippen LogP contribution in [0.3, 0.4) is 0 Å². The summed E-state index contributed by atoms with van der Waals surface area (Å²) >= 11 is 0. The van der Waals surface area contributed by atoms with Crippen molar-refractivity contribution in [3.05, 3.63) is 34.6 Å². The highest BCUT2D eigenvalue weighted by Crippen LogP contribution is 2.13. The Balaban J connectivity index is 2.03. The van der Waals surface area contributed by atoms with Crippen LogP contribution in [0.25, 0.3) is 11.3 Å². The first-order valence-electron chi connectivity index (χ1n) is 6.35. The molecular formula is C13H18N4O3. The number of aromatic nitrogens is 4. The Morgan fingerprint density at radius 3 is 2.90 bits per heavy atom.